The molecule has 3 N–H and O–H groups in total. The normalized spacial score (nSPS) is 15.9. The first-order chi connectivity index (χ1) is 13.7. The maximum atomic E-state index is 10.4. The lowest BCUT2D eigenvalue weighted by molar-refractivity contribution is 0.111. The molecule has 0 fully saturated rings. The van der Waals surface area contributed by atoms with E-state index < -0.39 is 6.10 Å². The minimum atomic E-state index is -0.468. The van der Waals surface area contributed by atoms with E-state index in [0.29, 0.717) is 13.1 Å². The van der Waals surface area contributed by atoms with Crippen molar-refractivity contribution in [1.29, 1.82) is 0 Å². The van der Waals surface area contributed by atoms with Crippen molar-refractivity contribution >= 4 is 5.96 Å². The molecular weight excluding hydrogens is 352 g/mol. The van der Waals surface area contributed by atoms with Crippen LogP contribution < -0.4 is 10.6 Å². The number of nitrogens with zero attached hydrogens (tertiary/aromatic N) is 4. The van der Waals surface area contributed by atoms with Crippen molar-refractivity contribution in [2.75, 3.05) is 32.7 Å². The molecule has 1 aliphatic heterocycles. The third-order valence-electron chi connectivity index (χ3n) is 4.90. The molecule has 7 nitrogen and oxygen atoms in total. The molecule has 0 saturated heterocycles. The Morgan fingerprint density at radius 2 is 2.11 bits per heavy atom. The summed E-state index contributed by atoms with van der Waals surface area (Å²) in [5.41, 5.74) is 2.80. The fraction of sp³-hybridized carbons (Fsp3) is 0.524. The first-order valence-electron chi connectivity index (χ1n) is 10.2. The summed E-state index contributed by atoms with van der Waals surface area (Å²) in [6, 6.07) is 10.5. The van der Waals surface area contributed by atoms with Crippen molar-refractivity contribution in [2.45, 2.75) is 39.0 Å². The lowest BCUT2D eigenvalue weighted by Gasteiger charge is -2.30. The number of aromatic nitrogens is 2. The highest BCUT2D eigenvalue weighted by molar-refractivity contribution is 5.79. The number of guanidine groups is 1. The van der Waals surface area contributed by atoms with Gasteiger partial charge in [-0.25, -0.2) is 0 Å². The van der Waals surface area contributed by atoms with E-state index in [-0.39, 0.29) is 0 Å². The minimum absolute atomic E-state index is 0.395. The van der Waals surface area contributed by atoms with Gasteiger partial charge in [-0.05, 0) is 37.0 Å². The van der Waals surface area contributed by atoms with Gasteiger partial charge in [-0.15, -0.1) is 0 Å². The number of fused-ring (bicyclic) bond motifs is 1. The van der Waals surface area contributed by atoms with E-state index in [4.69, 9.17) is 0 Å². The second-order valence-electron chi connectivity index (χ2n) is 7.18. The molecule has 3 rings (SSSR count). The number of benzene rings is 1. The molecule has 7 heteroatoms. The van der Waals surface area contributed by atoms with Crippen LogP contribution in [0.5, 0.6) is 0 Å². The van der Waals surface area contributed by atoms with Crippen LogP contribution in [-0.4, -0.2) is 64.6 Å². The molecule has 28 heavy (non-hydrogen) atoms. The number of aryl methyl sites for hydroxylation is 1. The number of hydrogen-bond donors (Lipinski definition) is 3. The SMILES string of the molecule is CCNC(=NCC(O)CN1CCc2ccccc2C1)NCCCn1cccn1. The Hall–Kier alpha value is -2.38. The molecule has 0 saturated carbocycles. The Labute approximate surface area is 167 Å². The summed E-state index contributed by atoms with van der Waals surface area (Å²) >= 11 is 0. The second-order valence-corrected chi connectivity index (χ2v) is 7.18. The van der Waals surface area contributed by atoms with Gasteiger partial charge >= 0.3 is 0 Å². The zero-order valence-electron chi connectivity index (χ0n) is 16.7. The summed E-state index contributed by atoms with van der Waals surface area (Å²) in [5.74, 6) is 0.756. The molecular formula is C21H32N6O. The quantitative estimate of drug-likeness (QED) is 0.345. The third kappa shape index (κ3) is 6.35. The lowest BCUT2D eigenvalue weighted by Crippen LogP contribution is -2.40. The number of aliphatic hydroxyl groups excluding tert-OH is 1. The standard InChI is InChI=1S/C21H32N6O/c1-2-22-21(23-10-5-12-27-13-6-11-25-27)24-15-20(28)17-26-14-9-18-7-3-4-8-19(18)16-26/h3-4,6-8,11,13,20,28H,2,5,9-10,12,14-17H2,1H3,(H2,22,23,24). The molecule has 152 valence electrons. The molecule has 1 atom stereocenters. The van der Waals surface area contributed by atoms with Crippen molar-refractivity contribution < 1.29 is 5.11 Å². The average Bonchev–Trinajstić information content (AvgIpc) is 3.23. The summed E-state index contributed by atoms with van der Waals surface area (Å²) < 4.78 is 1.92. The molecule has 2 heterocycles. The zero-order chi connectivity index (χ0) is 19.6. The minimum Gasteiger partial charge on any atom is -0.390 e. The Balaban J connectivity index is 1.40. The molecule has 1 aromatic heterocycles. The number of nitrogens with one attached hydrogen (secondary N) is 2. The maximum Gasteiger partial charge on any atom is 0.191 e. The van der Waals surface area contributed by atoms with Gasteiger partial charge in [0.2, 0.25) is 0 Å². The molecule has 0 amide bonds. The Morgan fingerprint density at radius 1 is 1.25 bits per heavy atom. The van der Waals surface area contributed by atoms with Crippen LogP contribution in [0.2, 0.25) is 0 Å². The van der Waals surface area contributed by atoms with E-state index in [1.54, 1.807) is 6.20 Å². The smallest absolute Gasteiger partial charge is 0.191 e. The van der Waals surface area contributed by atoms with E-state index in [2.05, 4.69) is 49.9 Å². The van der Waals surface area contributed by atoms with Gasteiger partial charge in [-0.1, -0.05) is 24.3 Å². The Morgan fingerprint density at radius 3 is 2.89 bits per heavy atom. The molecule has 1 aromatic carbocycles. The number of aliphatic imine (C=N–C) groups is 1. The molecule has 0 radical (unpaired) electrons. The number of β-amino-alcohol motifs (C(OH)–C–C–N with tert-alkyl or cyclic N) is 1. The summed E-state index contributed by atoms with van der Waals surface area (Å²) in [7, 11) is 0. The molecule has 1 aliphatic rings. The molecule has 0 spiro atoms. The zero-order valence-corrected chi connectivity index (χ0v) is 16.7. The van der Waals surface area contributed by atoms with Crippen molar-refractivity contribution in [3.8, 4) is 0 Å². The molecule has 2 aromatic rings. The summed E-state index contributed by atoms with van der Waals surface area (Å²) in [4.78, 5) is 6.87. The van der Waals surface area contributed by atoms with Crippen LogP contribution in [0.4, 0.5) is 0 Å². The van der Waals surface area contributed by atoms with Gasteiger partial charge in [0.05, 0.1) is 12.6 Å². The Bertz CT molecular complexity index is 730. The van der Waals surface area contributed by atoms with Crippen LogP contribution in [0, 0.1) is 0 Å². The van der Waals surface area contributed by atoms with E-state index in [9.17, 15) is 5.11 Å². The lowest BCUT2D eigenvalue weighted by atomic mass is 10.00. The summed E-state index contributed by atoms with van der Waals surface area (Å²) in [5, 5.41) is 21.2. The largest absolute Gasteiger partial charge is 0.390 e. The van der Waals surface area contributed by atoms with E-state index in [0.717, 1.165) is 51.5 Å². The Kier molecular flexibility index (Phi) is 7.87. The molecule has 0 aliphatic carbocycles. The third-order valence-corrected chi connectivity index (χ3v) is 4.90. The maximum absolute atomic E-state index is 10.4. The molecule has 0 bridgehead atoms. The van der Waals surface area contributed by atoms with Crippen LogP contribution in [0.1, 0.15) is 24.5 Å². The fourth-order valence-corrected chi connectivity index (χ4v) is 3.48. The highest BCUT2D eigenvalue weighted by Crippen LogP contribution is 2.18. The monoisotopic (exact) mass is 384 g/mol. The number of hydrogen-bond acceptors (Lipinski definition) is 4. The van der Waals surface area contributed by atoms with Gasteiger partial charge in [0.25, 0.3) is 0 Å². The van der Waals surface area contributed by atoms with Crippen LogP contribution >= 0.6 is 0 Å². The first-order valence-corrected chi connectivity index (χ1v) is 10.2. The van der Waals surface area contributed by atoms with E-state index >= 15 is 0 Å². The van der Waals surface area contributed by atoms with E-state index in [1.807, 2.05) is 23.9 Å². The summed E-state index contributed by atoms with van der Waals surface area (Å²) in [6.07, 6.45) is 5.30. The van der Waals surface area contributed by atoms with Crippen molar-refractivity contribution in [3.05, 3.63) is 53.9 Å². The summed E-state index contributed by atoms with van der Waals surface area (Å²) in [6.45, 7) is 7.46. The van der Waals surface area contributed by atoms with Crippen LogP contribution in [-0.2, 0) is 19.5 Å². The first kappa shape index (κ1) is 20.4. The fourth-order valence-electron chi connectivity index (χ4n) is 3.48. The van der Waals surface area contributed by atoms with Crippen LogP contribution in [0.3, 0.4) is 0 Å². The van der Waals surface area contributed by atoms with Gasteiger partial charge in [0.15, 0.2) is 5.96 Å². The van der Waals surface area contributed by atoms with Gasteiger partial charge in [-0.3, -0.25) is 14.6 Å². The van der Waals surface area contributed by atoms with Gasteiger partial charge < -0.3 is 15.7 Å². The van der Waals surface area contributed by atoms with Gasteiger partial charge in [-0.2, -0.15) is 5.10 Å². The van der Waals surface area contributed by atoms with Gasteiger partial charge in [0, 0.05) is 51.7 Å². The highest BCUT2D eigenvalue weighted by Gasteiger charge is 2.18. The highest BCUT2D eigenvalue weighted by atomic mass is 16.3. The van der Waals surface area contributed by atoms with Crippen LogP contribution in [0.15, 0.2) is 47.7 Å². The van der Waals surface area contributed by atoms with Crippen LogP contribution in [0.25, 0.3) is 0 Å². The number of rotatable bonds is 9. The van der Waals surface area contributed by atoms with E-state index in [1.165, 1.54) is 11.1 Å². The van der Waals surface area contributed by atoms with Crippen molar-refractivity contribution in [2.24, 2.45) is 4.99 Å². The number of aliphatic hydroxyl groups is 1. The van der Waals surface area contributed by atoms with Crippen molar-refractivity contribution in [3.63, 3.8) is 0 Å². The topological polar surface area (TPSA) is 77.7 Å². The predicted octanol–water partition coefficient (Wildman–Crippen LogP) is 1.25. The van der Waals surface area contributed by atoms with Crippen molar-refractivity contribution in [1.82, 2.24) is 25.3 Å². The predicted molar refractivity (Wildman–Crippen MR) is 112 cm³/mol. The van der Waals surface area contributed by atoms with Gasteiger partial charge in [0.1, 0.15) is 0 Å². The second kappa shape index (κ2) is 10.8. The molecule has 1 unspecified atom stereocenters. The average molecular weight is 385 g/mol.